The van der Waals surface area contributed by atoms with Crippen LogP contribution in [0.1, 0.15) is 17.5 Å². The minimum Gasteiger partial charge on any atom is -0.493 e. The van der Waals surface area contributed by atoms with E-state index in [4.69, 9.17) is 21.1 Å². The average Bonchev–Trinajstić information content (AvgIpc) is 2.89. The molecule has 0 saturated heterocycles. The molecule has 0 atom stereocenters. The van der Waals surface area contributed by atoms with Gasteiger partial charge in [0.15, 0.2) is 11.5 Å². The van der Waals surface area contributed by atoms with Gasteiger partial charge in [0.1, 0.15) is 13.0 Å². The van der Waals surface area contributed by atoms with Crippen LogP contribution < -0.4 is 20.2 Å². The molecular formula is C28H24ClN3O4. The van der Waals surface area contributed by atoms with Crippen molar-refractivity contribution in [2.75, 3.05) is 12.4 Å². The Morgan fingerprint density at radius 1 is 0.917 bits per heavy atom. The highest BCUT2D eigenvalue weighted by Crippen LogP contribution is 2.29. The molecule has 2 amide bonds. The van der Waals surface area contributed by atoms with E-state index >= 15 is 0 Å². The molecule has 0 unspecified atom stereocenters. The Bertz CT molecular complexity index is 1400. The fourth-order valence-electron chi connectivity index (χ4n) is 3.56. The number of methoxy groups -OCH3 is 1. The molecule has 0 bridgehead atoms. The van der Waals surface area contributed by atoms with Gasteiger partial charge in [0.25, 0.3) is 0 Å². The Morgan fingerprint density at radius 2 is 1.69 bits per heavy atom. The van der Waals surface area contributed by atoms with Crippen molar-refractivity contribution in [3.63, 3.8) is 0 Å². The smallest absolute Gasteiger partial charge is 0.249 e. The first-order valence-corrected chi connectivity index (χ1v) is 11.5. The van der Waals surface area contributed by atoms with Crippen LogP contribution >= 0.6 is 11.6 Å². The van der Waals surface area contributed by atoms with E-state index in [0.29, 0.717) is 34.4 Å². The van der Waals surface area contributed by atoms with Gasteiger partial charge in [-0.15, -0.1) is 0 Å². The molecule has 182 valence electrons. The number of anilines is 1. The summed E-state index contributed by atoms with van der Waals surface area (Å²) in [5.74, 6) is 0.123. The Morgan fingerprint density at radius 3 is 2.50 bits per heavy atom. The van der Waals surface area contributed by atoms with Gasteiger partial charge >= 0.3 is 0 Å². The van der Waals surface area contributed by atoms with E-state index in [1.165, 1.54) is 6.21 Å². The molecule has 0 heterocycles. The van der Waals surface area contributed by atoms with Gasteiger partial charge in [0.05, 0.1) is 13.3 Å². The van der Waals surface area contributed by atoms with E-state index in [1.807, 2.05) is 24.3 Å². The SMILES string of the molecule is COc1cc(C=NNC(=O)CC(=O)Nc2ccc(Cl)cc2)ccc1OCc1cccc2ccccc12. The van der Waals surface area contributed by atoms with E-state index in [-0.39, 0.29) is 6.42 Å². The lowest BCUT2D eigenvalue weighted by molar-refractivity contribution is -0.126. The van der Waals surface area contributed by atoms with Gasteiger partial charge < -0.3 is 14.8 Å². The molecule has 0 aliphatic carbocycles. The molecule has 7 nitrogen and oxygen atoms in total. The first-order valence-electron chi connectivity index (χ1n) is 11.2. The van der Waals surface area contributed by atoms with Crippen molar-refractivity contribution in [2.45, 2.75) is 13.0 Å². The van der Waals surface area contributed by atoms with Crippen LogP contribution in [-0.4, -0.2) is 25.1 Å². The van der Waals surface area contributed by atoms with E-state index < -0.39 is 11.8 Å². The van der Waals surface area contributed by atoms with E-state index in [0.717, 1.165) is 16.3 Å². The molecule has 0 fully saturated rings. The van der Waals surface area contributed by atoms with Crippen LogP contribution in [0, 0.1) is 0 Å². The van der Waals surface area contributed by atoms with Crippen molar-refractivity contribution in [2.24, 2.45) is 5.10 Å². The van der Waals surface area contributed by atoms with Crippen LogP contribution in [0.15, 0.2) is 90.0 Å². The molecule has 4 rings (SSSR count). The fraction of sp³-hybridized carbons (Fsp3) is 0.107. The summed E-state index contributed by atoms with van der Waals surface area (Å²) < 4.78 is 11.5. The van der Waals surface area contributed by atoms with Crippen molar-refractivity contribution in [1.29, 1.82) is 0 Å². The second-order valence-corrected chi connectivity index (χ2v) is 8.30. The summed E-state index contributed by atoms with van der Waals surface area (Å²) in [6, 6.07) is 26.2. The number of ether oxygens (including phenoxy) is 2. The van der Waals surface area contributed by atoms with Gasteiger partial charge in [-0.3, -0.25) is 9.59 Å². The van der Waals surface area contributed by atoms with Gasteiger partial charge in [0, 0.05) is 10.7 Å². The molecule has 2 N–H and O–H groups in total. The molecule has 0 aliphatic heterocycles. The zero-order chi connectivity index (χ0) is 25.3. The maximum atomic E-state index is 12.0. The summed E-state index contributed by atoms with van der Waals surface area (Å²) in [5.41, 5.74) is 4.66. The number of benzene rings is 4. The Labute approximate surface area is 213 Å². The van der Waals surface area contributed by atoms with Crippen LogP contribution in [0.5, 0.6) is 11.5 Å². The average molecular weight is 502 g/mol. The molecule has 0 saturated carbocycles. The van der Waals surface area contributed by atoms with Crippen molar-refractivity contribution >= 4 is 46.1 Å². The van der Waals surface area contributed by atoms with Crippen LogP contribution in [0.2, 0.25) is 5.02 Å². The lowest BCUT2D eigenvalue weighted by atomic mass is 10.1. The zero-order valence-electron chi connectivity index (χ0n) is 19.5. The highest BCUT2D eigenvalue weighted by atomic mass is 35.5. The number of fused-ring (bicyclic) bond motifs is 1. The standard InChI is InChI=1S/C28H24ClN3O4/c1-35-26-15-19(17-30-32-28(34)16-27(33)31-23-12-10-22(29)11-13-23)9-14-25(26)36-18-21-7-4-6-20-5-2-3-8-24(20)21/h2-15,17H,16,18H2,1H3,(H,31,33)(H,32,34). The van der Waals surface area contributed by atoms with Gasteiger partial charge in [-0.05, 0) is 64.4 Å². The Balaban J connectivity index is 1.32. The summed E-state index contributed by atoms with van der Waals surface area (Å²) in [5, 5.41) is 9.40. The molecule has 0 spiro atoms. The van der Waals surface area contributed by atoms with Gasteiger partial charge in [-0.1, -0.05) is 54.1 Å². The fourth-order valence-corrected chi connectivity index (χ4v) is 3.69. The molecule has 8 heteroatoms. The quantitative estimate of drug-likeness (QED) is 0.178. The van der Waals surface area contributed by atoms with Gasteiger partial charge in [0.2, 0.25) is 11.8 Å². The third kappa shape index (κ3) is 6.61. The number of rotatable bonds is 9. The minimum atomic E-state index is -0.542. The first kappa shape index (κ1) is 24.8. The molecular weight excluding hydrogens is 478 g/mol. The molecule has 4 aromatic rings. The molecule has 0 radical (unpaired) electrons. The Kier molecular flexibility index (Phi) is 8.16. The lowest BCUT2D eigenvalue weighted by Crippen LogP contribution is -2.24. The summed E-state index contributed by atoms with van der Waals surface area (Å²) in [4.78, 5) is 24.0. The number of hydrogen-bond donors (Lipinski definition) is 2. The van der Waals surface area contributed by atoms with Crippen molar-refractivity contribution in [3.05, 3.63) is 101 Å². The number of nitrogens with one attached hydrogen (secondary N) is 2. The second kappa shape index (κ2) is 11.9. The zero-order valence-corrected chi connectivity index (χ0v) is 20.3. The lowest BCUT2D eigenvalue weighted by Gasteiger charge is -2.12. The van der Waals surface area contributed by atoms with Crippen LogP contribution in [-0.2, 0) is 16.2 Å². The largest absolute Gasteiger partial charge is 0.493 e. The number of nitrogens with zero attached hydrogens (tertiary/aromatic N) is 1. The summed E-state index contributed by atoms with van der Waals surface area (Å²) in [7, 11) is 1.56. The van der Waals surface area contributed by atoms with E-state index in [9.17, 15) is 9.59 Å². The monoisotopic (exact) mass is 501 g/mol. The number of halogens is 1. The third-order valence-electron chi connectivity index (χ3n) is 5.30. The van der Waals surface area contributed by atoms with E-state index in [2.05, 4.69) is 34.0 Å². The van der Waals surface area contributed by atoms with Crippen LogP contribution in [0.25, 0.3) is 10.8 Å². The summed E-state index contributed by atoms with van der Waals surface area (Å²) in [6.45, 7) is 0.388. The molecule has 0 aromatic heterocycles. The first-order chi connectivity index (χ1) is 17.5. The second-order valence-electron chi connectivity index (χ2n) is 7.86. The molecule has 4 aromatic carbocycles. The number of carbonyl (C=O) groups is 2. The van der Waals surface area contributed by atoms with Crippen molar-refractivity contribution in [3.8, 4) is 11.5 Å². The molecule has 0 aliphatic rings. The predicted octanol–water partition coefficient (Wildman–Crippen LogP) is 5.56. The van der Waals surface area contributed by atoms with E-state index in [1.54, 1.807) is 49.6 Å². The van der Waals surface area contributed by atoms with Crippen LogP contribution in [0.4, 0.5) is 5.69 Å². The third-order valence-corrected chi connectivity index (χ3v) is 5.55. The van der Waals surface area contributed by atoms with Crippen molar-refractivity contribution < 1.29 is 19.1 Å². The number of hydrogen-bond acceptors (Lipinski definition) is 5. The Hall–Kier alpha value is -4.36. The highest BCUT2D eigenvalue weighted by Gasteiger charge is 2.10. The normalized spacial score (nSPS) is 10.8. The minimum absolute atomic E-state index is 0.371. The number of amides is 2. The number of carbonyl (C=O) groups excluding carboxylic acids is 2. The van der Waals surface area contributed by atoms with Crippen LogP contribution in [0.3, 0.4) is 0 Å². The summed E-state index contributed by atoms with van der Waals surface area (Å²) >= 11 is 5.82. The topological polar surface area (TPSA) is 89.0 Å². The molecule has 36 heavy (non-hydrogen) atoms. The van der Waals surface area contributed by atoms with Gasteiger partial charge in [-0.25, -0.2) is 5.43 Å². The highest BCUT2D eigenvalue weighted by molar-refractivity contribution is 6.30. The maximum absolute atomic E-state index is 12.0. The predicted molar refractivity (Wildman–Crippen MR) is 142 cm³/mol. The summed E-state index contributed by atoms with van der Waals surface area (Å²) in [6.07, 6.45) is 1.09. The van der Waals surface area contributed by atoms with Crippen molar-refractivity contribution in [1.82, 2.24) is 5.43 Å². The maximum Gasteiger partial charge on any atom is 0.249 e. The number of hydrazone groups is 1. The van der Waals surface area contributed by atoms with Gasteiger partial charge in [-0.2, -0.15) is 5.10 Å².